The third kappa shape index (κ3) is 4.80. The largest absolute Gasteiger partial charge is 0.497 e. The molecule has 0 radical (unpaired) electrons. The van der Waals surface area contributed by atoms with Gasteiger partial charge in [-0.15, -0.1) is 0 Å². The number of aromatic nitrogens is 1. The predicted molar refractivity (Wildman–Crippen MR) is 116 cm³/mol. The van der Waals surface area contributed by atoms with E-state index in [0.717, 1.165) is 0 Å². The van der Waals surface area contributed by atoms with Gasteiger partial charge in [-0.2, -0.15) is 0 Å². The normalized spacial score (nSPS) is 11.7. The Balaban J connectivity index is 2.46. The fourth-order valence-corrected chi connectivity index (χ4v) is 3.66. The van der Waals surface area contributed by atoms with Gasteiger partial charge in [-0.05, 0) is 44.5 Å². The summed E-state index contributed by atoms with van der Waals surface area (Å²) in [6, 6.07) is 6.00. The van der Waals surface area contributed by atoms with E-state index in [9.17, 15) is 14.4 Å². The molecular formula is C23H30N2O6. The van der Waals surface area contributed by atoms with Crippen LogP contribution in [0.2, 0.25) is 0 Å². The van der Waals surface area contributed by atoms with Gasteiger partial charge in [0.1, 0.15) is 11.4 Å². The van der Waals surface area contributed by atoms with Crippen LogP contribution in [0.3, 0.4) is 0 Å². The minimum absolute atomic E-state index is 0.230. The maximum absolute atomic E-state index is 13.5. The summed E-state index contributed by atoms with van der Waals surface area (Å²) in [6.45, 7) is 5.66. The van der Waals surface area contributed by atoms with Crippen molar-refractivity contribution in [3.63, 3.8) is 0 Å². The molecule has 2 rings (SSSR count). The van der Waals surface area contributed by atoms with Crippen molar-refractivity contribution in [3.8, 4) is 5.75 Å². The van der Waals surface area contributed by atoms with Crippen LogP contribution in [0.4, 0.5) is 0 Å². The number of carbonyl (C=O) groups is 3. The maximum Gasteiger partial charge on any atom is 0.354 e. The van der Waals surface area contributed by atoms with E-state index < -0.39 is 12.0 Å². The third-order valence-electron chi connectivity index (χ3n) is 5.52. The molecule has 2 aromatic rings. The molecule has 1 unspecified atom stereocenters. The molecule has 0 aliphatic rings. The molecule has 0 bridgehead atoms. The molecule has 1 heterocycles. The molecule has 0 aliphatic heterocycles. The Morgan fingerprint density at radius 3 is 2.39 bits per heavy atom. The third-order valence-corrected chi connectivity index (χ3v) is 5.52. The molecule has 0 aliphatic carbocycles. The second-order valence-corrected chi connectivity index (χ2v) is 7.25. The topological polar surface area (TPSA) is 87.1 Å². The van der Waals surface area contributed by atoms with Gasteiger partial charge < -0.3 is 23.7 Å². The minimum atomic E-state index is -0.779. The summed E-state index contributed by atoms with van der Waals surface area (Å²) in [5.74, 6) is -0.531. The average Bonchev–Trinajstić information content (AvgIpc) is 3.00. The van der Waals surface area contributed by atoms with E-state index in [4.69, 9.17) is 14.2 Å². The Morgan fingerprint density at radius 1 is 1.13 bits per heavy atom. The molecule has 168 valence electrons. The van der Waals surface area contributed by atoms with Crippen molar-refractivity contribution in [2.75, 3.05) is 34.5 Å². The van der Waals surface area contributed by atoms with Crippen LogP contribution in [0.1, 0.15) is 49.4 Å². The van der Waals surface area contributed by atoms with E-state index in [1.165, 1.54) is 26.2 Å². The average molecular weight is 431 g/mol. The molecule has 1 atom stereocenters. The lowest BCUT2D eigenvalue weighted by Crippen LogP contribution is -2.45. The van der Waals surface area contributed by atoms with Gasteiger partial charge in [0.05, 0.1) is 26.9 Å². The molecule has 31 heavy (non-hydrogen) atoms. The van der Waals surface area contributed by atoms with E-state index in [0.29, 0.717) is 33.8 Å². The van der Waals surface area contributed by atoms with Crippen molar-refractivity contribution < 1.29 is 28.6 Å². The van der Waals surface area contributed by atoms with Gasteiger partial charge >= 0.3 is 5.97 Å². The summed E-state index contributed by atoms with van der Waals surface area (Å²) in [7, 11) is 6.07. The molecular weight excluding hydrogens is 400 g/mol. The zero-order chi connectivity index (χ0) is 23.3. The van der Waals surface area contributed by atoms with Crippen molar-refractivity contribution in [1.82, 2.24) is 9.47 Å². The lowest BCUT2D eigenvalue weighted by Gasteiger charge is -2.28. The van der Waals surface area contributed by atoms with Crippen LogP contribution in [-0.2, 0) is 16.5 Å². The van der Waals surface area contributed by atoms with Gasteiger partial charge in [0.15, 0.2) is 5.78 Å². The summed E-state index contributed by atoms with van der Waals surface area (Å²) < 4.78 is 16.9. The molecule has 0 N–H and O–H groups in total. The Kier molecular flexibility index (Phi) is 7.99. The summed E-state index contributed by atoms with van der Waals surface area (Å²) in [4.78, 5) is 40.4. The first-order chi connectivity index (χ1) is 14.7. The van der Waals surface area contributed by atoms with Gasteiger partial charge in [0.2, 0.25) is 0 Å². The van der Waals surface area contributed by atoms with E-state index >= 15 is 0 Å². The second kappa shape index (κ2) is 10.3. The Hall–Kier alpha value is -3.13. The van der Waals surface area contributed by atoms with Gasteiger partial charge in [0.25, 0.3) is 5.91 Å². The minimum Gasteiger partial charge on any atom is -0.497 e. The predicted octanol–water partition coefficient (Wildman–Crippen LogP) is 2.80. The lowest BCUT2D eigenvalue weighted by molar-refractivity contribution is 0.0562. The zero-order valence-corrected chi connectivity index (χ0v) is 19.1. The van der Waals surface area contributed by atoms with Crippen LogP contribution in [0, 0.1) is 13.8 Å². The van der Waals surface area contributed by atoms with Gasteiger partial charge in [-0.1, -0.05) is 6.07 Å². The highest BCUT2D eigenvalue weighted by atomic mass is 16.5. The SMILES string of the molecule is COCCN(C(=O)c1cccc(OC)c1)C(C)C(=O)c1c(C)c(C(=O)OC)n(C)c1C. The van der Waals surface area contributed by atoms with Crippen molar-refractivity contribution in [2.24, 2.45) is 7.05 Å². The summed E-state index contributed by atoms with van der Waals surface area (Å²) >= 11 is 0. The van der Waals surface area contributed by atoms with E-state index in [1.807, 2.05) is 0 Å². The van der Waals surface area contributed by atoms with E-state index in [1.54, 1.807) is 56.7 Å². The van der Waals surface area contributed by atoms with Gasteiger partial charge in [-0.25, -0.2) is 4.79 Å². The monoisotopic (exact) mass is 430 g/mol. The van der Waals surface area contributed by atoms with Crippen molar-refractivity contribution in [3.05, 3.63) is 52.3 Å². The van der Waals surface area contributed by atoms with E-state index in [2.05, 4.69) is 0 Å². The zero-order valence-electron chi connectivity index (χ0n) is 19.1. The highest BCUT2D eigenvalue weighted by Crippen LogP contribution is 2.25. The molecule has 8 nitrogen and oxygen atoms in total. The van der Waals surface area contributed by atoms with E-state index in [-0.39, 0.29) is 24.8 Å². The Bertz CT molecular complexity index is 979. The summed E-state index contributed by atoms with van der Waals surface area (Å²) in [6.07, 6.45) is 0. The van der Waals surface area contributed by atoms with Crippen LogP contribution >= 0.6 is 0 Å². The van der Waals surface area contributed by atoms with Gasteiger partial charge in [0, 0.05) is 37.5 Å². The van der Waals surface area contributed by atoms with Gasteiger partial charge in [-0.3, -0.25) is 9.59 Å². The van der Waals surface area contributed by atoms with Crippen LogP contribution in [-0.4, -0.2) is 67.6 Å². The van der Waals surface area contributed by atoms with Crippen LogP contribution in [0.5, 0.6) is 5.75 Å². The first-order valence-corrected chi connectivity index (χ1v) is 9.91. The molecule has 0 saturated carbocycles. The fourth-order valence-electron chi connectivity index (χ4n) is 3.66. The molecule has 1 aromatic heterocycles. The molecule has 1 aromatic carbocycles. The molecule has 8 heteroatoms. The second-order valence-electron chi connectivity index (χ2n) is 7.25. The van der Waals surface area contributed by atoms with Crippen LogP contribution in [0.25, 0.3) is 0 Å². The summed E-state index contributed by atoms with van der Waals surface area (Å²) in [5, 5.41) is 0. The number of Topliss-reactive ketones (excluding diaryl/α,β-unsaturated/α-hetero) is 1. The highest BCUT2D eigenvalue weighted by molar-refractivity contribution is 6.07. The number of hydrogen-bond donors (Lipinski definition) is 0. The molecule has 0 fully saturated rings. The molecule has 0 saturated heterocycles. The number of hydrogen-bond acceptors (Lipinski definition) is 6. The fraction of sp³-hybridized carbons (Fsp3) is 0.435. The first kappa shape index (κ1) is 24.1. The number of ether oxygens (including phenoxy) is 3. The number of benzene rings is 1. The highest BCUT2D eigenvalue weighted by Gasteiger charge is 2.32. The lowest BCUT2D eigenvalue weighted by atomic mass is 9.99. The Labute approximate surface area is 182 Å². The Morgan fingerprint density at radius 2 is 1.81 bits per heavy atom. The van der Waals surface area contributed by atoms with Crippen molar-refractivity contribution >= 4 is 17.7 Å². The number of esters is 1. The van der Waals surface area contributed by atoms with Crippen LogP contribution in [0.15, 0.2) is 24.3 Å². The number of amides is 1. The maximum atomic E-state index is 13.5. The quantitative estimate of drug-likeness (QED) is 0.449. The summed E-state index contributed by atoms with van der Waals surface area (Å²) in [5.41, 5.74) is 2.31. The molecule has 1 amide bonds. The number of methoxy groups -OCH3 is 3. The number of carbonyl (C=O) groups excluding carboxylic acids is 3. The molecule has 0 spiro atoms. The smallest absolute Gasteiger partial charge is 0.354 e. The van der Waals surface area contributed by atoms with Crippen molar-refractivity contribution in [1.29, 1.82) is 0 Å². The van der Waals surface area contributed by atoms with Crippen molar-refractivity contribution in [2.45, 2.75) is 26.8 Å². The number of nitrogens with zero attached hydrogens (tertiary/aromatic N) is 2. The standard InChI is InChI=1S/C23H30N2O6/c1-14-19(15(2)24(4)20(14)23(28)31-7)21(26)16(3)25(11-12-29-5)22(27)17-9-8-10-18(13-17)30-6/h8-10,13,16H,11-12H2,1-7H3. The first-order valence-electron chi connectivity index (χ1n) is 9.91. The van der Waals surface area contributed by atoms with Crippen LogP contribution < -0.4 is 4.74 Å². The number of rotatable bonds is 9. The number of ketones is 1.